The minimum atomic E-state index is -0.862. The van der Waals surface area contributed by atoms with Crippen LogP contribution >= 0.6 is 0 Å². The second-order valence-corrected chi connectivity index (χ2v) is 6.89. The van der Waals surface area contributed by atoms with Crippen LogP contribution in [0.25, 0.3) is 0 Å². The molecule has 1 amide bonds. The number of amides is 1. The molecule has 24 heavy (non-hydrogen) atoms. The Morgan fingerprint density at radius 2 is 2.08 bits per heavy atom. The summed E-state index contributed by atoms with van der Waals surface area (Å²) >= 11 is 0. The number of aliphatic carboxylic acids is 1. The van der Waals surface area contributed by atoms with E-state index in [0.717, 1.165) is 25.7 Å². The van der Waals surface area contributed by atoms with Crippen LogP contribution < -0.4 is 5.32 Å². The highest BCUT2D eigenvalue weighted by molar-refractivity contribution is 5.92. The lowest BCUT2D eigenvalue weighted by atomic mass is 9.85. The average molecular weight is 334 g/mol. The number of carboxylic acid groups (broad SMARTS) is 1. The Morgan fingerprint density at radius 3 is 2.79 bits per heavy atom. The number of hydrogen-bond donors (Lipinski definition) is 2. The topological polar surface area (TPSA) is 69.6 Å². The number of benzene rings is 1. The van der Waals surface area contributed by atoms with Crippen LogP contribution in [0.1, 0.15) is 37.7 Å². The fourth-order valence-electron chi connectivity index (χ4n) is 4.06. The van der Waals surface area contributed by atoms with E-state index < -0.39 is 12.0 Å². The van der Waals surface area contributed by atoms with Crippen molar-refractivity contribution < 1.29 is 19.1 Å². The second kappa shape index (κ2) is 6.89. The fourth-order valence-corrected chi connectivity index (χ4v) is 4.06. The SMILES string of the molecule is Cc1ccc(NC(=O)CN2C(C(=O)O)CC3CCCCC32)cc1F. The standard InChI is InChI=1S/C18H23FN2O3/c1-11-6-7-13(9-14(11)19)20-17(22)10-21-15-5-3-2-4-12(15)8-16(21)18(23)24/h6-7,9,12,15-16H,2-5,8,10H2,1H3,(H,20,22)(H,23,24). The van der Waals surface area contributed by atoms with Crippen LogP contribution in [0.5, 0.6) is 0 Å². The van der Waals surface area contributed by atoms with Crippen LogP contribution in [-0.2, 0) is 9.59 Å². The lowest BCUT2D eigenvalue weighted by Crippen LogP contribution is -2.46. The van der Waals surface area contributed by atoms with E-state index in [0.29, 0.717) is 23.6 Å². The van der Waals surface area contributed by atoms with E-state index in [2.05, 4.69) is 5.32 Å². The maximum Gasteiger partial charge on any atom is 0.320 e. The molecular formula is C18H23FN2O3. The Labute approximate surface area is 140 Å². The number of anilines is 1. The number of hydrogen-bond acceptors (Lipinski definition) is 3. The van der Waals surface area contributed by atoms with Crippen molar-refractivity contribution in [3.05, 3.63) is 29.6 Å². The van der Waals surface area contributed by atoms with Gasteiger partial charge in [0.05, 0.1) is 6.54 Å². The molecule has 0 bridgehead atoms. The second-order valence-electron chi connectivity index (χ2n) is 6.89. The van der Waals surface area contributed by atoms with Crippen molar-refractivity contribution in [2.24, 2.45) is 5.92 Å². The molecule has 5 nitrogen and oxygen atoms in total. The Balaban J connectivity index is 1.69. The minimum absolute atomic E-state index is 0.0353. The number of rotatable bonds is 4. The van der Waals surface area contributed by atoms with Gasteiger partial charge in [0.1, 0.15) is 11.9 Å². The molecule has 1 aromatic rings. The van der Waals surface area contributed by atoms with Crippen molar-refractivity contribution in [3.8, 4) is 0 Å². The Bertz CT molecular complexity index is 649. The number of fused-ring (bicyclic) bond motifs is 1. The van der Waals surface area contributed by atoms with Gasteiger partial charge in [-0.1, -0.05) is 18.9 Å². The molecule has 3 unspecified atom stereocenters. The number of nitrogens with one attached hydrogen (secondary N) is 1. The number of carboxylic acids is 1. The van der Waals surface area contributed by atoms with Gasteiger partial charge in [0.15, 0.2) is 0 Å². The molecule has 2 N–H and O–H groups in total. The van der Waals surface area contributed by atoms with Gasteiger partial charge in [0.2, 0.25) is 5.91 Å². The Morgan fingerprint density at radius 1 is 1.33 bits per heavy atom. The summed E-state index contributed by atoms with van der Waals surface area (Å²) in [6, 6.07) is 4.12. The lowest BCUT2D eigenvalue weighted by molar-refractivity contribution is -0.143. The van der Waals surface area contributed by atoms with Crippen molar-refractivity contribution in [1.29, 1.82) is 0 Å². The Kier molecular flexibility index (Phi) is 4.85. The summed E-state index contributed by atoms with van der Waals surface area (Å²) in [5, 5.41) is 12.2. The summed E-state index contributed by atoms with van der Waals surface area (Å²) in [7, 11) is 0. The molecule has 1 aromatic carbocycles. The van der Waals surface area contributed by atoms with Gasteiger partial charge in [-0.25, -0.2) is 4.39 Å². The van der Waals surface area contributed by atoms with Crippen molar-refractivity contribution in [3.63, 3.8) is 0 Å². The van der Waals surface area contributed by atoms with E-state index in [9.17, 15) is 19.1 Å². The van der Waals surface area contributed by atoms with Gasteiger partial charge in [-0.2, -0.15) is 0 Å². The first-order valence-corrected chi connectivity index (χ1v) is 8.50. The zero-order valence-corrected chi connectivity index (χ0v) is 13.8. The molecule has 0 radical (unpaired) electrons. The zero-order valence-electron chi connectivity index (χ0n) is 13.8. The molecule has 2 fully saturated rings. The van der Waals surface area contributed by atoms with Gasteiger partial charge >= 0.3 is 5.97 Å². The van der Waals surface area contributed by atoms with Gasteiger partial charge < -0.3 is 10.4 Å². The monoisotopic (exact) mass is 334 g/mol. The molecule has 130 valence electrons. The molecule has 1 aliphatic heterocycles. The quantitative estimate of drug-likeness (QED) is 0.888. The first-order chi connectivity index (χ1) is 11.5. The van der Waals surface area contributed by atoms with E-state index in [4.69, 9.17) is 0 Å². The largest absolute Gasteiger partial charge is 0.480 e. The van der Waals surface area contributed by atoms with Crippen LogP contribution in [0.2, 0.25) is 0 Å². The van der Waals surface area contributed by atoms with Crippen molar-refractivity contribution >= 4 is 17.6 Å². The summed E-state index contributed by atoms with van der Waals surface area (Å²) < 4.78 is 13.6. The molecule has 1 heterocycles. The molecule has 1 aliphatic carbocycles. The van der Waals surface area contributed by atoms with Gasteiger partial charge in [-0.15, -0.1) is 0 Å². The molecule has 1 saturated heterocycles. The number of nitrogens with zero attached hydrogens (tertiary/aromatic N) is 1. The third-order valence-electron chi connectivity index (χ3n) is 5.29. The van der Waals surface area contributed by atoms with Gasteiger partial charge in [-0.3, -0.25) is 14.5 Å². The van der Waals surface area contributed by atoms with Gasteiger partial charge in [-0.05, 0) is 49.8 Å². The van der Waals surface area contributed by atoms with Crippen LogP contribution in [0.3, 0.4) is 0 Å². The zero-order chi connectivity index (χ0) is 17.3. The maximum atomic E-state index is 13.6. The highest BCUT2D eigenvalue weighted by Crippen LogP contribution is 2.39. The number of likely N-dealkylation sites (tertiary alicyclic amines) is 1. The van der Waals surface area contributed by atoms with Crippen LogP contribution in [-0.4, -0.2) is 40.5 Å². The summed E-state index contributed by atoms with van der Waals surface area (Å²) in [5.74, 6) is -1.16. The first-order valence-electron chi connectivity index (χ1n) is 8.50. The lowest BCUT2D eigenvalue weighted by Gasteiger charge is -2.32. The highest BCUT2D eigenvalue weighted by atomic mass is 19.1. The minimum Gasteiger partial charge on any atom is -0.480 e. The smallest absolute Gasteiger partial charge is 0.320 e. The normalized spacial score (nSPS) is 26.8. The van der Waals surface area contributed by atoms with E-state index in [1.54, 1.807) is 19.1 Å². The van der Waals surface area contributed by atoms with Crippen molar-refractivity contribution in [2.45, 2.75) is 51.1 Å². The van der Waals surface area contributed by atoms with Crippen molar-refractivity contribution in [1.82, 2.24) is 4.90 Å². The number of aryl methyl sites for hydroxylation is 1. The van der Waals surface area contributed by atoms with Crippen molar-refractivity contribution in [2.75, 3.05) is 11.9 Å². The Hall–Kier alpha value is -1.95. The van der Waals surface area contributed by atoms with E-state index in [-0.39, 0.29) is 24.3 Å². The molecule has 3 rings (SSSR count). The molecule has 3 atom stereocenters. The number of carbonyl (C=O) groups excluding carboxylic acids is 1. The molecule has 1 saturated carbocycles. The molecule has 2 aliphatic rings. The summed E-state index contributed by atoms with van der Waals surface area (Å²) in [6.45, 7) is 1.69. The predicted molar refractivity (Wildman–Crippen MR) is 88.3 cm³/mol. The van der Waals surface area contributed by atoms with Crippen LogP contribution in [0.4, 0.5) is 10.1 Å². The summed E-state index contributed by atoms with van der Waals surface area (Å²) in [6.07, 6.45) is 4.81. The van der Waals surface area contributed by atoms with E-state index in [1.807, 2.05) is 4.90 Å². The molecular weight excluding hydrogens is 311 g/mol. The molecule has 0 spiro atoms. The predicted octanol–water partition coefficient (Wildman–Crippen LogP) is 2.79. The third kappa shape index (κ3) is 3.43. The van der Waals surface area contributed by atoms with E-state index >= 15 is 0 Å². The van der Waals surface area contributed by atoms with Gasteiger partial charge in [0.25, 0.3) is 0 Å². The van der Waals surface area contributed by atoms with E-state index in [1.165, 1.54) is 6.07 Å². The fraction of sp³-hybridized carbons (Fsp3) is 0.556. The summed E-state index contributed by atoms with van der Waals surface area (Å²) in [5.41, 5.74) is 0.915. The maximum absolute atomic E-state index is 13.6. The highest BCUT2D eigenvalue weighted by Gasteiger charge is 2.45. The van der Waals surface area contributed by atoms with Crippen LogP contribution in [0, 0.1) is 18.7 Å². The van der Waals surface area contributed by atoms with Gasteiger partial charge in [0, 0.05) is 11.7 Å². The third-order valence-corrected chi connectivity index (χ3v) is 5.29. The average Bonchev–Trinajstić information content (AvgIpc) is 2.90. The number of carbonyl (C=O) groups is 2. The van der Waals surface area contributed by atoms with Crippen LogP contribution in [0.15, 0.2) is 18.2 Å². The molecule has 6 heteroatoms. The molecule has 0 aromatic heterocycles. The first kappa shape index (κ1) is 16.9. The number of halogens is 1. The summed E-state index contributed by atoms with van der Waals surface area (Å²) in [4.78, 5) is 25.7.